The summed E-state index contributed by atoms with van der Waals surface area (Å²) in [5, 5.41) is 4.14. The van der Waals surface area contributed by atoms with Gasteiger partial charge in [-0.3, -0.25) is 4.68 Å². The molecule has 90 valence electrons. The van der Waals surface area contributed by atoms with Crippen molar-refractivity contribution in [3.63, 3.8) is 0 Å². The minimum absolute atomic E-state index is 0.695. The van der Waals surface area contributed by atoms with Gasteiger partial charge < -0.3 is 10.5 Å². The molecular formula is C12H21N3O. The Morgan fingerprint density at radius 3 is 3.00 bits per heavy atom. The Morgan fingerprint density at radius 2 is 2.44 bits per heavy atom. The quantitative estimate of drug-likeness (QED) is 0.708. The summed E-state index contributed by atoms with van der Waals surface area (Å²) in [6.07, 6.45) is 9.09. The molecule has 0 bridgehead atoms. The van der Waals surface area contributed by atoms with Crippen LogP contribution in [0.15, 0.2) is 24.0 Å². The molecule has 16 heavy (non-hydrogen) atoms. The molecule has 1 heterocycles. The third-order valence-corrected chi connectivity index (χ3v) is 2.42. The van der Waals surface area contributed by atoms with E-state index < -0.39 is 0 Å². The Kier molecular flexibility index (Phi) is 5.82. The van der Waals surface area contributed by atoms with Crippen molar-refractivity contribution in [1.82, 2.24) is 9.78 Å². The standard InChI is InChI=1S/C12H21N3O/c1-15-9-12(8-14-15)6-5-11(10-16-2)4-3-7-13/h5,8-9H,3-4,6-7,10,13H2,1-2H3. The fourth-order valence-electron chi connectivity index (χ4n) is 1.59. The van der Waals surface area contributed by atoms with Crippen LogP contribution in [-0.2, 0) is 18.2 Å². The zero-order valence-corrected chi connectivity index (χ0v) is 10.1. The van der Waals surface area contributed by atoms with Crippen molar-refractivity contribution < 1.29 is 4.74 Å². The Bertz CT molecular complexity index is 331. The monoisotopic (exact) mass is 223 g/mol. The second-order valence-corrected chi connectivity index (χ2v) is 3.91. The Hall–Kier alpha value is -1.13. The number of allylic oxidation sites excluding steroid dienone is 1. The number of aryl methyl sites for hydroxylation is 1. The predicted octanol–water partition coefficient (Wildman–Crippen LogP) is 1.27. The zero-order chi connectivity index (χ0) is 11.8. The maximum atomic E-state index is 5.50. The van der Waals surface area contributed by atoms with Crippen LogP contribution in [0.3, 0.4) is 0 Å². The van der Waals surface area contributed by atoms with E-state index in [-0.39, 0.29) is 0 Å². The molecule has 0 aromatic carbocycles. The van der Waals surface area contributed by atoms with E-state index in [0.29, 0.717) is 6.61 Å². The highest BCUT2D eigenvalue weighted by atomic mass is 16.5. The summed E-state index contributed by atoms with van der Waals surface area (Å²) in [6, 6.07) is 0. The van der Waals surface area contributed by atoms with Crippen molar-refractivity contribution in [1.29, 1.82) is 0 Å². The molecule has 0 aliphatic carbocycles. The van der Waals surface area contributed by atoms with Gasteiger partial charge >= 0.3 is 0 Å². The highest BCUT2D eigenvalue weighted by Crippen LogP contribution is 2.08. The number of nitrogens with zero attached hydrogens (tertiary/aromatic N) is 2. The van der Waals surface area contributed by atoms with Gasteiger partial charge in [-0.05, 0) is 36.9 Å². The summed E-state index contributed by atoms with van der Waals surface area (Å²) in [5.41, 5.74) is 8.04. The molecule has 1 rings (SSSR count). The summed E-state index contributed by atoms with van der Waals surface area (Å²) in [4.78, 5) is 0. The lowest BCUT2D eigenvalue weighted by Crippen LogP contribution is -2.02. The van der Waals surface area contributed by atoms with Crippen LogP contribution in [0.25, 0.3) is 0 Å². The van der Waals surface area contributed by atoms with Gasteiger partial charge in [0.1, 0.15) is 0 Å². The van der Waals surface area contributed by atoms with Gasteiger partial charge in [-0.25, -0.2) is 0 Å². The molecule has 1 aromatic heterocycles. The number of nitrogens with two attached hydrogens (primary N) is 1. The van der Waals surface area contributed by atoms with Crippen LogP contribution in [0.5, 0.6) is 0 Å². The van der Waals surface area contributed by atoms with E-state index in [0.717, 1.165) is 25.8 Å². The summed E-state index contributed by atoms with van der Waals surface area (Å²) in [5.74, 6) is 0. The van der Waals surface area contributed by atoms with Crippen LogP contribution in [0.4, 0.5) is 0 Å². The molecule has 1 aromatic rings. The van der Waals surface area contributed by atoms with Crippen LogP contribution >= 0.6 is 0 Å². The minimum atomic E-state index is 0.695. The van der Waals surface area contributed by atoms with Crippen molar-refractivity contribution in [2.24, 2.45) is 12.8 Å². The Morgan fingerprint density at radius 1 is 1.62 bits per heavy atom. The fourth-order valence-corrected chi connectivity index (χ4v) is 1.59. The molecular weight excluding hydrogens is 202 g/mol. The zero-order valence-electron chi connectivity index (χ0n) is 10.1. The van der Waals surface area contributed by atoms with Crippen LogP contribution in [0.2, 0.25) is 0 Å². The lowest BCUT2D eigenvalue weighted by atomic mass is 10.1. The molecule has 0 amide bonds. The van der Waals surface area contributed by atoms with Gasteiger partial charge in [0, 0.05) is 20.4 Å². The van der Waals surface area contributed by atoms with Gasteiger partial charge in [-0.1, -0.05) is 6.08 Å². The first kappa shape index (κ1) is 12.9. The first-order valence-electron chi connectivity index (χ1n) is 5.60. The first-order valence-corrected chi connectivity index (χ1v) is 5.60. The molecule has 0 aliphatic heterocycles. The maximum absolute atomic E-state index is 5.50. The van der Waals surface area contributed by atoms with E-state index >= 15 is 0 Å². The number of ether oxygens (including phenoxy) is 1. The first-order chi connectivity index (χ1) is 7.76. The molecule has 0 unspecified atom stereocenters. The molecule has 0 fully saturated rings. The van der Waals surface area contributed by atoms with Crippen molar-refractivity contribution in [3.05, 3.63) is 29.6 Å². The van der Waals surface area contributed by atoms with E-state index in [4.69, 9.17) is 10.5 Å². The van der Waals surface area contributed by atoms with E-state index in [1.807, 2.05) is 24.1 Å². The largest absolute Gasteiger partial charge is 0.380 e. The Balaban J connectivity index is 2.49. The number of hydrogen-bond donors (Lipinski definition) is 1. The van der Waals surface area contributed by atoms with Gasteiger partial charge in [0.2, 0.25) is 0 Å². The third kappa shape index (κ3) is 4.59. The SMILES string of the molecule is COCC(=CCc1cnn(C)c1)CCCN. The van der Waals surface area contributed by atoms with Crippen LogP contribution in [-0.4, -0.2) is 30.0 Å². The summed E-state index contributed by atoms with van der Waals surface area (Å²) in [7, 11) is 3.65. The van der Waals surface area contributed by atoms with E-state index in [1.165, 1.54) is 11.1 Å². The highest BCUT2D eigenvalue weighted by molar-refractivity contribution is 5.13. The normalized spacial score (nSPS) is 12.1. The molecule has 4 nitrogen and oxygen atoms in total. The average Bonchev–Trinajstić information content (AvgIpc) is 2.68. The van der Waals surface area contributed by atoms with Crippen molar-refractivity contribution in [2.45, 2.75) is 19.3 Å². The van der Waals surface area contributed by atoms with Crippen molar-refractivity contribution in [2.75, 3.05) is 20.3 Å². The molecule has 0 radical (unpaired) electrons. The molecule has 2 N–H and O–H groups in total. The number of aromatic nitrogens is 2. The number of rotatable bonds is 7. The van der Waals surface area contributed by atoms with Gasteiger partial charge in [-0.2, -0.15) is 5.10 Å². The topological polar surface area (TPSA) is 53.1 Å². The van der Waals surface area contributed by atoms with Crippen LogP contribution < -0.4 is 5.73 Å². The molecule has 0 saturated carbocycles. The maximum Gasteiger partial charge on any atom is 0.0673 e. The fraction of sp³-hybridized carbons (Fsp3) is 0.583. The van der Waals surface area contributed by atoms with E-state index in [2.05, 4.69) is 11.2 Å². The second-order valence-electron chi connectivity index (χ2n) is 3.91. The molecule has 0 spiro atoms. The van der Waals surface area contributed by atoms with E-state index in [9.17, 15) is 0 Å². The number of methoxy groups -OCH3 is 1. The second kappa shape index (κ2) is 7.19. The van der Waals surface area contributed by atoms with Crippen LogP contribution in [0, 0.1) is 0 Å². The summed E-state index contributed by atoms with van der Waals surface area (Å²) < 4.78 is 6.98. The minimum Gasteiger partial charge on any atom is -0.380 e. The van der Waals surface area contributed by atoms with Gasteiger partial charge in [0.25, 0.3) is 0 Å². The molecule has 0 atom stereocenters. The van der Waals surface area contributed by atoms with Crippen molar-refractivity contribution >= 4 is 0 Å². The van der Waals surface area contributed by atoms with Gasteiger partial charge in [0.05, 0.1) is 12.8 Å². The molecule has 0 aliphatic rings. The summed E-state index contributed by atoms with van der Waals surface area (Å²) >= 11 is 0. The van der Waals surface area contributed by atoms with Gasteiger partial charge in [0.15, 0.2) is 0 Å². The third-order valence-electron chi connectivity index (χ3n) is 2.42. The van der Waals surface area contributed by atoms with Crippen molar-refractivity contribution in [3.8, 4) is 0 Å². The Labute approximate surface area is 97.1 Å². The lowest BCUT2D eigenvalue weighted by Gasteiger charge is -2.05. The molecule has 4 heteroatoms. The van der Waals surface area contributed by atoms with Crippen LogP contribution in [0.1, 0.15) is 18.4 Å². The summed E-state index contributed by atoms with van der Waals surface area (Å²) in [6.45, 7) is 1.42. The van der Waals surface area contributed by atoms with Gasteiger partial charge in [-0.15, -0.1) is 0 Å². The lowest BCUT2D eigenvalue weighted by molar-refractivity contribution is 0.222. The highest BCUT2D eigenvalue weighted by Gasteiger charge is 1.98. The average molecular weight is 223 g/mol. The van der Waals surface area contributed by atoms with E-state index in [1.54, 1.807) is 7.11 Å². The number of hydrogen-bond acceptors (Lipinski definition) is 3. The molecule has 0 saturated heterocycles. The predicted molar refractivity (Wildman–Crippen MR) is 65.2 cm³/mol. The smallest absolute Gasteiger partial charge is 0.0673 e.